The molecule has 31 heavy (non-hydrogen) atoms. The van der Waals surface area contributed by atoms with Gasteiger partial charge in [0.25, 0.3) is 0 Å². The minimum Gasteiger partial charge on any atom is -0.492 e. The molecule has 166 valence electrons. The molecular formula is C21H25N3O7. The first-order valence-corrected chi connectivity index (χ1v) is 10.8. The Kier molecular flexibility index (Phi) is 3.36. The number of methoxy groups -OCH3 is 1. The lowest BCUT2D eigenvalue weighted by molar-refractivity contribution is -0.197. The summed E-state index contributed by atoms with van der Waals surface area (Å²) >= 11 is 0. The van der Waals surface area contributed by atoms with Crippen molar-refractivity contribution in [1.29, 1.82) is 0 Å². The van der Waals surface area contributed by atoms with Crippen LogP contribution in [0.25, 0.3) is 0 Å². The lowest BCUT2D eigenvalue weighted by Gasteiger charge is -2.62. The van der Waals surface area contributed by atoms with Crippen LogP contribution in [0.15, 0.2) is 22.6 Å². The number of aliphatic hydroxyl groups is 2. The lowest BCUT2D eigenvalue weighted by Crippen LogP contribution is -2.81. The van der Waals surface area contributed by atoms with Crippen molar-refractivity contribution < 1.29 is 34.0 Å². The van der Waals surface area contributed by atoms with Gasteiger partial charge in [0, 0.05) is 24.1 Å². The molecule has 0 aromatic rings. The van der Waals surface area contributed by atoms with Crippen molar-refractivity contribution in [3.8, 4) is 0 Å². The number of carbonyl (C=O) groups is 2. The maximum Gasteiger partial charge on any atom is 0.229 e. The van der Waals surface area contributed by atoms with E-state index in [2.05, 4.69) is 9.80 Å². The summed E-state index contributed by atoms with van der Waals surface area (Å²) in [6, 6.07) is -0.978. The smallest absolute Gasteiger partial charge is 0.229 e. The van der Waals surface area contributed by atoms with Gasteiger partial charge in [-0.1, -0.05) is 0 Å². The number of rotatable bonds is 1. The Morgan fingerprint density at radius 2 is 2.00 bits per heavy atom. The van der Waals surface area contributed by atoms with E-state index in [0.717, 1.165) is 6.42 Å². The van der Waals surface area contributed by atoms with E-state index in [1.165, 1.54) is 14.0 Å². The number of ether oxygens (including phenoxy) is 3. The average molecular weight is 431 g/mol. The molecule has 0 saturated carbocycles. The van der Waals surface area contributed by atoms with Gasteiger partial charge in [-0.25, -0.2) is 0 Å². The number of ketones is 2. The molecule has 1 aliphatic carbocycles. The summed E-state index contributed by atoms with van der Waals surface area (Å²) in [4.78, 5) is 33.6. The Morgan fingerprint density at radius 3 is 2.74 bits per heavy atom. The summed E-state index contributed by atoms with van der Waals surface area (Å²) in [5, 5.41) is 23.1. The summed E-state index contributed by atoms with van der Waals surface area (Å²) in [6.45, 7) is 2.59. The fraction of sp³-hybridized carbons (Fsp3) is 0.714. The second-order valence-electron chi connectivity index (χ2n) is 9.69. The number of nitrogens with zero attached hydrogens (tertiary/aromatic N) is 3. The van der Waals surface area contributed by atoms with E-state index in [0.29, 0.717) is 13.2 Å². The molecule has 7 rings (SSSR count). The third-order valence-electron chi connectivity index (χ3n) is 8.74. The van der Waals surface area contributed by atoms with Crippen LogP contribution in [0.2, 0.25) is 0 Å². The number of carbonyl (C=O) groups excluding carboxylic acids is 2. The first-order chi connectivity index (χ1) is 14.8. The second-order valence-corrected chi connectivity index (χ2v) is 9.69. The Hall–Kier alpha value is -1.82. The fourth-order valence-corrected chi connectivity index (χ4v) is 7.74. The molecule has 6 heterocycles. The molecule has 10 nitrogen and oxygen atoms in total. The van der Waals surface area contributed by atoms with Gasteiger partial charge in [-0.05, 0) is 20.4 Å². The number of piperazine rings is 1. The first kappa shape index (κ1) is 18.7. The lowest BCUT2D eigenvalue weighted by atomic mass is 9.63. The minimum absolute atomic E-state index is 0.0103. The number of fused-ring (bicyclic) bond motifs is 7. The summed E-state index contributed by atoms with van der Waals surface area (Å²) in [6.07, 6.45) is -1.25. The Labute approximate surface area is 178 Å². The van der Waals surface area contributed by atoms with E-state index < -0.39 is 35.7 Å². The van der Waals surface area contributed by atoms with Gasteiger partial charge in [0.05, 0.1) is 43.1 Å². The first-order valence-electron chi connectivity index (χ1n) is 10.8. The maximum absolute atomic E-state index is 13.7. The molecule has 9 atom stereocenters. The molecule has 7 aliphatic rings. The zero-order valence-corrected chi connectivity index (χ0v) is 17.5. The van der Waals surface area contributed by atoms with Crippen LogP contribution in [0.5, 0.6) is 0 Å². The molecule has 6 aliphatic heterocycles. The third-order valence-corrected chi connectivity index (χ3v) is 8.74. The second kappa shape index (κ2) is 5.56. The molecule has 0 radical (unpaired) electrons. The summed E-state index contributed by atoms with van der Waals surface area (Å²) in [7, 11) is 3.37. The zero-order chi connectivity index (χ0) is 21.6. The van der Waals surface area contributed by atoms with Gasteiger partial charge in [-0.3, -0.25) is 19.4 Å². The normalized spacial score (nSPS) is 50.4. The van der Waals surface area contributed by atoms with Gasteiger partial charge >= 0.3 is 0 Å². The number of Topliss-reactive ketones (excluding diaryl/α,β-unsaturated/α-hetero) is 2. The summed E-state index contributed by atoms with van der Waals surface area (Å²) in [5.41, 5.74) is -1.89. The SMILES string of the molecule is COC1=C(C)C(=O)[C@@]2(O)C(=C3[C@@H](O)O[C@@H]4[C@@H]5C[C@H]6[C@H]([C@H]([C@@H]2N2CCO[C@@H]62)N34)N5C)C1=O. The topological polar surface area (TPSA) is 112 Å². The van der Waals surface area contributed by atoms with Crippen LogP contribution >= 0.6 is 0 Å². The molecule has 10 heteroatoms. The summed E-state index contributed by atoms with van der Waals surface area (Å²) < 4.78 is 17.4. The molecule has 2 N–H and O–H groups in total. The quantitative estimate of drug-likeness (QED) is 0.491. The number of hydrogen-bond donors (Lipinski definition) is 2. The molecule has 0 aromatic carbocycles. The zero-order valence-electron chi connectivity index (χ0n) is 17.5. The van der Waals surface area contributed by atoms with Crippen molar-refractivity contribution in [1.82, 2.24) is 14.7 Å². The van der Waals surface area contributed by atoms with E-state index in [1.807, 2.05) is 11.9 Å². The van der Waals surface area contributed by atoms with Crippen molar-refractivity contribution >= 4 is 11.6 Å². The average Bonchev–Trinajstić information content (AvgIpc) is 3.41. The van der Waals surface area contributed by atoms with Gasteiger partial charge in [0.15, 0.2) is 23.4 Å². The molecule has 0 amide bonds. The standard InChI is InChI=1S/C21H25N3O7/c1-7-15(29-3)14(25)10-12-20(27)31-19-9-6-8-11(22(9)2)13(24(12)19)16(21(10,28)17(7)26)23-4-5-30-18(8)23/h8-9,11,13,16,18-20,27-28H,4-6H2,1-3H3/t8-,9-,11+,13+,16-,18-,19+,20-,21+/m0/s1. The number of hydrogen-bond acceptors (Lipinski definition) is 10. The van der Waals surface area contributed by atoms with Gasteiger partial charge < -0.3 is 29.3 Å². The van der Waals surface area contributed by atoms with E-state index in [9.17, 15) is 19.8 Å². The van der Waals surface area contributed by atoms with Crippen LogP contribution in [0.3, 0.4) is 0 Å². The van der Waals surface area contributed by atoms with Crippen LogP contribution in [0.1, 0.15) is 13.3 Å². The molecule has 0 unspecified atom stereocenters. The monoisotopic (exact) mass is 431 g/mol. The number of likely N-dealkylation sites (N-methyl/N-ethyl adjacent to an activating group) is 1. The van der Waals surface area contributed by atoms with E-state index >= 15 is 0 Å². The predicted molar refractivity (Wildman–Crippen MR) is 102 cm³/mol. The van der Waals surface area contributed by atoms with Gasteiger partial charge in [-0.2, -0.15) is 0 Å². The molecule has 5 saturated heterocycles. The molecule has 0 aromatic heterocycles. The maximum atomic E-state index is 13.7. The van der Waals surface area contributed by atoms with Crippen molar-refractivity contribution in [2.24, 2.45) is 5.92 Å². The highest BCUT2D eigenvalue weighted by Crippen LogP contribution is 2.59. The van der Waals surface area contributed by atoms with Crippen molar-refractivity contribution in [2.45, 2.75) is 61.9 Å². The Bertz CT molecular complexity index is 1010. The molecule has 2 bridgehead atoms. The van der Waals surface area contributed by atoms with E-state index in [1.54, 1.807) is 0 Å². The highest BCUT2D eigenvalue weighted by molar-refractivity contribution is 6.24. The highest BCUT2D eigenvalue weighted by atomic mass is 16.6. The van der Waals surface area contributed by atoms with Crippen LogP contribution in [-0.2, 0) is 23.8 Å². The largest absolute Gasteiger partial charge is 0.492 e. The van der Waals surface area contributed by atoms with E-state index in [4.69, 9.17) is 14.2 Å². The highest BCUT2D eigenvalue weighted by Gasteiger charge is 2.75. The fourth-order valence-electron chi connectivity index (χ4n) is 7.74. The van der Waals surface area contributed by atoms with Crippen molar-refractivity contribution in [3.63, 3.8) is 0 Å². The number of piperidine rings is 1. The van der Waals surface area contributed by atoms with Crippen LogP contribution in [-0.4, -0.2) is 112 Å². The molecular weight excluding hydrogens is 406 g/mol. The Balaban J connectivity index is 1.56. The number of allylic oxidation sites excluding steroid dienone is 1. The van der Waals surface area contributed by atoms with Crippen LogP contribution in [0, 0.1) is 5.92 Å². The molecule has 5 fully saturated rings. The third kappa shape index (κ3) is 1.78. The van der Waals surface area contributed by atoms with Crippen molar-refractivity contribution in [3.05, 3.63) is 22.6 Å². The van der Waals surface area contributed by atoms with Gasteiger partial charge in [0.1, 0.15) is 12.5 Å². The minimum atomic E-state index is -2.11. The Morgan fingerprint density at radius 1 is 1.23 bits per heavy atom. The summed E-state index contributed by atoms with van der Waals surface area (Å²) in [5.74, 6) is -1.02. The predicted octanol–water partition coefficient (Wildman–Crippen LogP) is -1.85. The number of aliphatic hydroxyl groups excluding tert-OH is 1. The van der Waals surface area contributed by atoms with Crippen LogP contribution in [0.4, 0.5) is 0 Å². The van der Waals surface area contributed by atoms with Crippen molar-refractivity contribution in [2.75, 3.05) is 27.3 Å². The van der Waals surface area contributed by atoms with E-state index in [-0.39, 0.29) is 52.9 Å². The van der Waals surface area contributed by atoms with Gasteiger partial charge in [0.2, 0.25) is 5.78 Å². The molecule has 0 spiro atoms. The van der Waals surface area contributed by atoms with Crippen LogP contribution < -0.4 is 0 Å². The van der Waals surface area contributed by atoms with Gasteiger partial charge in [-0.15, -0.1) is 0 Å².